The van der Waals surface area contributed by atoms with E-state index in [1.165, 1.54) is 28.8 Å². The van der Waals surface area contributed by atoms with Gasteiger partial charge < -0.3 is 15.0 Å². The molecule has 0 aromatic heterocycles. The molecular formula is C37H41Cl2N3O5S2. The van der Waals surface area contributed by atoms with E-state index in [1.807, 2.05) is 64.3 Å². The Bertz CT molecular complexity index is 1830. The van der Waals surface area contributed by atoms with Gasteiger partial charge in [0.1, 0.15) is 18.3 Å². The molecule has 0 aliphatic heterocycles. The third kappa shape index (κ3) is 10.4. The maximum Gasteiger partial charge on any atom is 0.264 e. The van der Waals surface area contributed by atoms with Crippen LogP contribution in [0.3, 0.4) is 0 Å². The number of hydrogen-bond acceptors (Lipinski definition) is 6. The summed E-state index contributed by atoms with van der Waals surface area (Å²) in [5, 5.41) is 3.66. The third-order valence-electron chi connectivity index (χ3n) is 7.47. The summed E-state index contributed by atoms with van der Waals surface area (Å²) in [5.41, 5.74) is 1.10. The summed E-state index contributed by atoms with van der Waals surface area (Å²) >= 11 is 14.1. The predicted molar refractivity (Wildman–Crippen MR) is 199 cm³/mol. The fraction of sp³-hybridized carbons (Fsp3) is 0.297. The molecule has 12 heteroatoms. The smallest absolute Gasteiger partial charge is 0.264 e. The number of carbonyl (C=O) groups excluding carboxylic acids is 2. The van der Waals surface area contributed by atoms with Crippen LogP contribution >= 0.6 is 35.0 Å². The van der Waals surface area contributed by atoms with Crippen LogP contribution < -0.4 is 14.4 Å². The van der Waals surface area contributed by atoms with Crippen LogP contribution in [0.4, 0.5) is 5.69 Å². The minimum absolute atomic E-state index is 0.0225. The van der Waals surface area contributed by atoms with Crippen LogP contribution in [0.25, 0.3) is 0 Å². The molecule has 0 heterocycles. The van der Waals surface area contributed by atoms with E-state index in [-0.39, 0.29) is 34.5 Å². The molecule has 0 aliphatic rings. The third-order valence-corrected chi connectivity index (χ3v) is 10.7. The summed E-state index contributed by atoms with van der Waals surface area (Å²) in [6.45, 7) is 7.24. The maximum atomic E-state index is 14.7. The normalized spacial score (nSPS) is 12.2. The number of carbonyl (C=O) groups is 2. The summed E-state index contributed by atoms with van der Waals surface area (Å²) in [7, 11) is -4.26. The summed E-state index contributed by atoms with van der Waals surface area (Å²) < 4.78 is 35.3. The summed E-state index contributed by atoms with van der Waals surface area (Å²) in [5.74, 6) is -0.413. The number of anilines is 1. The van der Waals surface area contributed by atoms with Gasteiger partial charge in [0.05, 0.1) is 27.2 Å². The number of ether oxygens (including phenoxy) is 1. The van der Waals surface area contributed by atoms with Crippen molar-refractivity contribution in [2.45, 2.75) is 62.0 Å². The van der Waals surface area contributed by atoms with Gasteiger partial charge in [-0.05, 0) is 106 Å². The Labute approximate surface area is 303 Å². The van der Waals surface area contributed by atoms with Crippen LogP contribution in [0, 0.1) is 0 Å². The van der Waals surface area contributed by atoms with Crippen molar-refractivity contribution >= 4 is 62.5 Å². The highest BCUT2D eigenvalue weighted by Crippen LogP contribution is 2.29. The first kappa shape index (κ1) is 38.1. The van der Waals surface area contributed by atoms with Crippen molar-refractivity contribution in [1.82, 2.24) is 10.2 Å². The van der Waals surface area contributed by atoms with Crippen molar-refractivity contribution < 1.29 is 22.7 Å². The molecule has 8 nitrogen and oxygen atoms in total. The number of nitrogens with one attached hydrogen (secondary N) is 1. The van der Waals surface area contributed by atoms with Crippen molar-refractivity contribution in [3.63, 3.8) is 0 Å². The average molecular weight is 743 g/mol. The molecule has 4 rings (SSSR count). The Balaban J connectivity index is 1.83. The summed E-state index contributed by atoms with van der Waals surface area (Å²) in [6, 6.07) is 26.4. The van der Waals surface area contributed by atoms with E-state index < -0.39 is 34.1 Å². The molecule has 4 aromatic carbocycles. The molecule has 0 unspecified atom stereocenters. The highest BCUT2D eigenvalue weighted by Gasteiger charge is 2.35. The van der Waals surface area contributed by atoms with E-state index in [0.717, 1.165) is 14.8 Å². The van der Waals surface area contributed by atoms with E-state index in [4.69, 9.17) is 27.9 Å². The van der Waals surface area contributed by atoms with Crippen LogP contribution in [0.15, 0.2) is 107 Å². The number of amides is 2. The van der Waals surface area contributed by atoms with Gasteiger partial charge in [0, 0.05) is 23.4 Å². The Hall–Kier alpha value is -3.70. The van der Waals surface area contributed by atoms with E-state index >= 15 is 0 Å². The number of rotatable bonds is 14. The molecule has 1 atom stereocenters. The first-order valence-electron chi connectivity index (χ1n) is 15.7. The molecule has 2 amide bonds. The first-order valence-corrected chi connectivity index (χ1v) is 19.1. The average Bonchev–Trinajstić information content (AvgIpc) is 3.07. The van der Waals surface area contributed by atoms with Crippen LogP contribution in [-0.2, 0) is 32.6 Å². The Kier molecular flexibility index (Phi) is 13.1. The van der Waals surface area contributed by atoms with Gasteiger partial charge in [0.2, 0.25) is 11.8 Å². The molecule has 0 saturated carbocycles. The Morgan fingerprint density at radius 1 is 0.878 bits per heavy atom. The number of benzene rings is 4. The van der Waals surface area contributed by atoms with Gasteiger partial charge in [0.25, 0.3) is 10.0 Å². The van der Waals surface area contributed by atoms with Crippen LogP contribution in [-0.4, -0.2) is 56.1 Å². The van der Waals surface area contributed by atoms with Crippen molar-refractivity contribution in [2.24, 2.45) is 0 Å². The lowest BCUT2D eigenvalue weighted by molar-refractivity contribution is -0.140. The Morgan fingerprint density at radius 2 is 1.53 bits per heavy atom. The minimum atomic E-state index is -4.26. The molecule has 0 aliphatic carbocycles. The van der Waals surface area contributed by atoms with Gasteiger partial charge >= 0.3 is 0 Å². The first-order chi connectivity index (χ1) is 23.2. The molecule has 0 bridgehead atoms. The lowest BCUT2D eigenvalue weighted by Crippen LogP contribution is -2.56. The highest BCUT2D eigenvalue weighted by atomic mass is 35.5. The van der Waals surface area contributed by atoms with Gasteiger partial charge in [-0.25, -0.2) is 8.42 Å². The van der Waals surface area contributed by atoms with Crippen molar-refractivity contribution in [3.05, 3.63) is 118 Å². The second-order valence-electron chi connectivity index (χ2n) is 12.3. The standard InChI is InChI=1S/C37H41Cl2N3O5S2/c1-6-47-29-15-13-28(14-16-29)42(49(45,46)31-19-17-30(48-5)18-20-31)25-35(43)41(24-27-12-21-32(38)33(39)22-27)34(36(44)40-37(2,3)4)23-26-10-8-7-9-11-26/h7-22,34H,6,23-25H2,1-5H3,(H,40,44)/t34-/m1/s1. The van der Waals surface area contributed by atoms with Gasteiger partial charge in [-0.2, -0.15) is 0 Å². The van der Waals surface area contributed by atoms with Gasteiger partial charge in [0.15, 0.2) is 0 Å². The number of nitrogens with zero attached hydrogens (tertiary/aromatic N) is 2. The van der Waals surface area contributed by atoms with E-state index in [1.54, 1.807) is 54.6 Å². The number of sulfonamides is 1. The molecule has 0 saturated heterocycles. The zero-order valence-electron chi connectivity index (χ0n) is 28.2. The topological polar surface area (TPSA) is 96.0 Å². The van der Waals surface area contributed by atoms with Crippen molar-refractivity contribution in [1.29, 1.82) is 0 Å². The molecule has 49 heavy (non-hydrogen) atoms. The summed E-state index contributed by atoms with van der Waals surface area (Å²) in [4.78, 5) is 31.1. The monoisotopic (exact) mass is 741 g/mol. The maximum absolute atomic E-state index is 14.7. The lowest BCUT2D eigenvalue weighted by Gasteiger charge is -2.35. The molecule has 0 radical (unpaired) electrons. The second kappa shape index (κ2) is 16.8. The van der Waals surface area contributed by atoms with Crippen LogP contribution in [0.2, 0.25) is 10.0 Å². The fourth-order valence-corrected chi connectivity index (χ4v) is 7.26. The van der Waals surface area contributed by atoms with Gasteiger partial charge in [-0.1, -0.05) is 59.6 Å². The molecule has 0 spiro atoms. The quantitative estimate of drug-likeness (QED) is 0.132. The minimum Gasteiger partial charge on any atom is -0.494 e. The van der Waals surface area contributed by atoms with E-state index in [2.05, 4.69) is 5.32 Å². The SMILES string of the molecule is CCOc1ccc(N(CC(=O)N(Cc2ccc(Cl)c(Cl)c2)[C@H](Cc2ccccc2)C(=O)NC(C)(C)C)S(=O)(=O)c2ccc(SC)cc2)cc1. The van der Waals surface area contributed by atoms with E-state index in [0.29, 0.717) is 22.9 Å². The van der Waals surface area contributed by atoms with Crippen molar-refractivity contribution in [3.8, 4) is 5.75 Å². The van der Waals surface area contributed by atoms with Gasteiger partial charge in [-0.15, -0.1) is 11.8 Å². The fourth-order valence-electron chi connectivity index (χ4n) is 5.12. The molecule has 260 valence electrons. The molecular weight excluding hydrogens is 701 g/mol. The van der Waals surface area contributed by atoms with Crippen LogP contribution in [0.1, 0.15) is 38.8 Å². The molecule has 4 aromatic rings. The number of hydrogen-bond donors (Lipinski definition) is 1. The number of thioether (sulfide) groups is 1. The lowest BCUT2D eigenvalue weighted by atomic mass is 10.0. The highest BCUT2D eigenvalue weighted by molar-refractivity contribution is 7.98. The predicted octanol–water partition coefficient (Wildman–Crippen LogP) is 7.86. The largest absolute Gasteiger partial charge is 0.494 e. The number of halogens is 2. The van der Waals surface area contributed by atoms with Crippen LogP contribution in [0.5, 0.6) is 5.75 Å². The summed E-state index contributed by atoms with van der Waals surface area (Å²) in [6.07, 6.45) is 2.08. The zero-order chi connectivity index (χ0) is 35.8. The second-order valence-corrected chi connectivity index (χ2v) is 15.9. The molecule has 1 N–H and O–H groups in total. The van der Waals surface area contributed by atoms with Crippen molar-refractivity contribution in [2.75, 3.05) is 23.7 Å². The molecule has 0 fully saturated rings. The Morgan fingerprint density at radius 3 is 2.10 bits per heavy atom. The van der Waals surface area contributed by atoms with E-state index in [9.17, 15) is 18.0 Å². The van der Waals surface area contributed by atoms with Gasteiger partial charge in [-0.3, -0.25) is 13.9 Å². The zero-order valence-corrected chi connectivity index (χ0v) is 31.3.